The van der Waals surface area contributed by atoms with Crippen LogP contribution in [0.25, 0.3) is 0 Å². The number of methoxy groups -OCH3 is 1. The van der Waals surface area contributed by atoms with Crippen molar-refractivity contribution >= 4 is 52.2 Å². The molecule has 0 aromatic heterocycles. The lowest BCUT2D eigenvalue weighted by atomic mass is 10.1. The normalized spacial score (nSPS) is 13.7. The smallest absolute Gasteiger partial charge is 0.337 e. The zero-order valence-corrected chi connectivity index (χ0v) is 21.4. The van der Waals surface area contributed by atoms with Crippen molar-refractivity contribution in [2.24, 2.45) is 0 Å². The van der Waals surface area contributed by atoms with Crippen molar-refractivity contribution in [3.63, 3.8) is 0 Å². The molecule has 1 heterocycles. The first-order valence-electron chi connectivity index (χ1n) is 11.5. The number of carbonyl (C=O) groups excluding carboxylic acids is 2. The molecular weight excluding hydrogens is 496 g/mol. The zero-order chi connectivity index (χ0) is 25.5. The first-order valence-corrected chi connectivity index (χ1v) is 12.3. The Hall–Kier alpha value is -3.46. The van der Waals surface area contributed by atoms with E-state index in [0.29, 0.717) is 21.8 Å². The molecule has 1 aliphatic rings. The second-order valence-electron chi connectivity index (χ2n) is 8.39. The Morgan fingerprint density at radius 2 is 1.69 bits per heavy atom. The molecule has 0 atom stereocenters. The molecule has 3 aromatic rings. The Morgan fingerprint density at radius 1 is 0.944 bits per heavy atom. The number of nitrogens with zero attached hydrogens (tertiary/aromatic N) is 2. The fourth-order valence-corrected chi connectivity index (χ4v) is 4.50. The molecule has 3 aromatic carbocycles. The van der Waals surface area contributed by atoms with Gasteiger partial charge in [-0.25, -0.2) is 4.79 Å². The average Bonchev–Trinajstić information content (AvgIpc) is 2.89. The van der Waals surface area contributed by atoms with Crippen molar-refractivity contribution in [2.45, 2.75) is 6.54 Å². The number of rotatable bonds is 6. The fourth-order valence-electron chi connectivity index (χ4n) is 4.10. The van der Waals surface area contributed by atoms with Gasteiger partial charge in [-0.1, -0.05) is 48.0 Å². The van der Waals surface area contributed by atoms with E-state index in [9.17, 15) is 9.59 Å². The highest BCUT2D eigenvalue weighted by molar-refractivity contribution is 7.80. The highest BCUT2D eigenvalue weighted by Crippen LogP contribution is 2.29. The highest BCUT2D eigenvalue weighted by Gasteiger charge is 2.21. The molecule has 0 spiro atoms. The molecule has 0 aliphatic carbocycles. The minimum atomic E-state index is -0.453. The molecule has 0 unspecified atom stereocenters. The lowest BCUT2D eigenvalue weighted by Crippen LogP contribution is -2.46. The summed E-state index contributed by atoms with van der Waals surface area (Å²) < 4.78 is 4.88. The molecule has 2 N–H and O–H groups in total. The summed E-state index contributed by atoms with van der Waals surface area (Å²) in [5.74, 6) is -0.832. The van der Waals surface area contributed by atoms with Crippen LogP contribution in [0.2, 0.25) is 5.02 Å². The number of carbonyl (C=O) groups is 2. The van der Waals surface area contributed by atoms with Crippen LogP contribution in [0.15, 0.2) is 72.8 Å². The number of esters is 1. The van der Waals surface area contributed by atoms with E-state index in [0.717, 1.165) is 38.4 Å². The lowest BCUT2D eigenvalue weighted by Gasteiger charge is -2.37. The quantitative estimate of drug-likeness (QED) is 0.363. The van der Waals surface area contributed by atoms with E-state index in [-0.39, 0.29) is 11.0 Å². The van der Waals surface area contributed by atoms with Crippen LogP contribution in [0.1, 0.15) is 26.3 Å². The van der Waals surface area contributed by atoms with Crippen molar-refractivity contribution in [1.82, 2.24) is 10.2 Å². The van der Waals surface area contributed by atoms with E-state index in [1.165, 1.54) is 12.7 Å². The monoisotopic (exact) mass is 522 g/mol. The summed E-state index contributed by atoms with van der Waals surface area (Å²) in [4.78, 5) is 29.4. The van der Waals surface area contributed by atoms with Crippen molar-refractivity contribution < 1.29 is 14.3 Å². The van der Waals surface area contributed by atoms with Crippen LogP contribution in [-0.4, -0.2) is 55.2 Å². The van der Waals surface area contributed by atoms with Crippen LogP contribution < -0.4 is 15.5 Å². The second-order valence-corrected chi connectivity index (χ2v) is 9.24. The van der Waals surface area contributed by atoms with Gasteiger partial charge in [-0.2, -0.15) is 0 Å². The summed E-state index contributed by atoms with van der Waals surface area (Å²) in [6, 6.07) is 22.3. The standard InChI is InChI=1S/C27H27ClN4O3S/c1-35-26(34)21-10-11-24(32-14-12-31(13-15-32)18-19-6-3-2-4-7-19)23(17-21)29-27(36)30-25(33)20-8-5-9-22(28)16-20/h2-11,16-17H,12-15,18H2,1H3,(H2,29,30,33,36). The third-order valence-electron chi connectivity index (χ3n) is 5.94. The number of hydrogen-bond acceptors (Lipinski definition) is 6. The van der Waals surface area contributed by atoms with Gasteiger partial charge in [0.15, 0.2) is 5.11 Å². The first kappa shape index (κ1) is 25.6. The van der Waals surface area contributed by atoms with Gasteiger partial charge in [-0.15, -0.1) is 0 Å². The van der Waals surface area contributed by atoms with Crippen LogP contribution in [0.3, 0.4) is 0 Å². The van der Waals surface area contributed by atoms with E-state index in [4.69, 9.17) is 28.6 Å². The average molecular weight is 523 g/mol. The van der Waals surface area contributed by atoms with Gasteiger partial charge in [0.2, 0.25) is 0 Å². The maximum absolute atomic E-state index is 12.6. The summed E-state index contributed by atoms with van der Waals surface area (Å²) in [6.07, 6.45) is 0. The molecule has 36 heavy (non-hydrogen) atoms. The van der Waals surface area contributed by atoms with Gasteiger partial charge < -0.3 is 15.0 Å². The summed E-state index contributed by atoms with van der Waals surface area (Å²) in [5.41, 5.74) is 3.57. The van der Waals surface area contributed by atoms with Crippen LogP contribution in [-0.2, 0) is 11.3 Å². The Morgan fingerprint density at radius 3 is 2.39 bits per heavy atom. The molecule has 1 saturated heterocycles. The number of hydrogen-bond donors (Lipinski definition) is 2. The van der Waals surface area contributed by atoms with Gasteiger partial charge in [-0.3, -0.25) is 15.0 Å². The molecule has 186 valence electrons. The van der Waals surface area contributed by atoms with Crippen LogP contribution in [0.5, 0.6) is 0 Å². The number of benzene rings is 3. The minimum absolute atomic E-state index is 0.117. The van der Waals surface area contributed by atoms with Crippen LogP contribution >= 0.6 is 23.8 Å². The number of piperazine rings is 1. The molecule has 1 amide bonds. The number of halogens is 1. The largest absolute Gasteiger partial charge is 0.465 e. The number of anilines is 2. The third kappa shape index (κ3) is 6.60. The predicted octanol–water partition coefficient (Wildman–Crippen LogP) is 4.58. The molecule has 1 fully saturated rings. The van der Waals surface area contributed by atoms with E-state index < -0.39 is 5.97 Å². The summed E-state index contributed by atoms with van der Waals surface area (Å²) >= 11 is 11.4. The van der Waals surface area contributed by atoms with Gasteiger partial charge in [0.1, 0.15) is 0 Å². The molecule has 4 rings (SSSR count). The number of thiocarbonyl (C=S) groups is 1. The van der Waals surface area contributed by atoms with Gasteiger partial charge >= 0.3 is 5.97 Å². The van der Waals surface area contributed by atoms with E-state index in [2.05, 4.69) is 44.7 Å². The van der Waals surface area contributed by atoms with E-state index >= 15 is 0 Å². The van der Waals surface area contributed by atoms with E-state index in [1.807, 2.05) is 12.1 Å². The highest BCUT2D eigenvalue weighted by atomic mass is 35.5. The summed E-state index contributed by atoms with van der Waals surface area (Å²) in [7, 11) is 1.34. The third-order valence-corrected chi connectivity index (χ3v) is 6.38. The number of ether oxygens (including phenoxy) is 1. The Bertz CT molecular complexity index is 1250. The molecule has 7 nitrogen and oxygen atoms in total. The number of nitrogens with one attached hydrogen (secondary N) is 2. The van der Waals surface area contributed by atoms with Crippen LogP contribution in [0, 0.1) is 0 Å². The zero-order valence-electron chi connectivity index (χ0n) is 19.9. The molecule has 0 radical (unpaired) electrons. The maximum atomic E-state index is 12.6. The first-order chi connectivity index (χ1) is 17.4. The summed E-state index contributed by atoms with van der Waals surface area (Å²) in [5, 5.41) is 6.35. The Balaban J connectivity index is 1.47. The Kier molecular flexibility index (Phi) is 8.53. The fraction of sp³-hybridized carbons (Fsp3) is 0.222. The van der Waals surface area contributed by atoms with Crippen molar-refractivity contribution in [2.75, 3.05) is 43.5 Å². The predicted molar refractivity (Wildman–Crippen MR) is 147 cm³/mol. The van der Waals surface area contributed by atoms with Gasteiger partial charge in [-0.05, 0) is 54.2 Å². The summed E-state index contributed by atoms with van der Waals surface area (Å²) in [6.45, 7) is 4.30. The minimum Gasteiger partial charge on any atom is -0.465 e. The molecule has 0 bridgehead atoms. The topological polar surface area (TPSA) is 73.9 Å². The SMILES string of the molecule is COC(=O)c1ccc(N2CCN(Cc3ccccc3)CC2)c(NC(=S)NC(=O)c2cccc(Cl)c2)c1. The molecule has 1 aliphatic heterocycles. The van der Waals surface area contributed by atoms with Crippen molar-refractivity contribution in [3.05, 3.63) is 94.5 Å². The Labute approximate surface area is 221 Å². The van der Waals surface area contributed by atoms with Crippen molar-refractivity contribution in [1.29, 1.82) is 0 Å². The van der Waals surface area contributed by atoms with Crippen LogP contribution in [0.4, 0.5) is 11.4 Å². The number of amides is 1. The lowest BCUT2D eigenvalue weighted by molar-refractivity contribution is 0.0600. The van der Waals surface area contributed by atoms with Gasteiger partial charge in [0.05, 0.1) is 24.0 Å². The molecule has 9 heteroatoms. The molecule has 0 saturated carbocycles. The van der Waals surface area contributed by atoms with Crippen molar-refractivity contribution in [3.8, 4) is 0 Å². The van der Waals surface area contributed by atoms with Gasteiger partial charge in [0, 0.05) is 43.3 Å². The molecular formula is C27H27ClN4O3S. The van der Waals surface area contributed by atoms with Gasteiger partial charge in [0.25, 0.3) is 5.91 Å². The van der Waals surface area contributed by atoms with E-state index in [1.54, 1.807) is 36.4 Å². The maximum Gasteiger partial charge on any atom is 0.337 e. The second kappa shape index (κ2) is 12.0.